The van der Waals surface area contributed by atoms with Gasteiger partial charge >= 0.3 is 0 Å². The van der Waals surface area contributed by atoms with Crippen LogP contribution in [0, 0.1) is 0 Å². The van der Waals surface area contributed by atoms with E-state index >= 15 is 0 Å². The van der Waals surface area contributed by atoms with Gasteiger partial charge in [-0.05, 0) is 19.2 Å². The largest absolute Gasteiger partial charge is 0.384 e. The van der Waals surface area contributed by atoms with Crippen molar-refractivity contribution in [3.63, 3.8) is 0 Å². The number of nitrogens with two attached hydrogens (primary N) is 1. The second kappa shape index (κ2) is 5.18. The average molecular weight is 194 g/mol. The molecule has 0 saturated carbocycles. The van der Waals surface area contributed by atoms with Crippen molar-refractivity contribution < 1.29 is 4.79 Å². The SMILES string of the molecule is CNCCC(=O)Nc1ccc(N)nc1. The molecule has 14 heavy (non-hydrogen) atoms. The standard InChI is InChI=1S/C9H14N4O/c1-11-5-4-9(14)13-7-2-3-8(10)12-6-7/h2-3,6,11H,4-5H2,1H3,(H2,10,12)(H,13,14). The summed E-state index contributed by atoms with van der Waals surface area (Å²) in [7, 11) is 1.80. The maximum absolute atomic E-state index is 11.2. The second-order valence-corrected chi connectivity index (χ2v) is 2.87. The summed E-state index contributed by atoms with van der Waals surface area (Å²) in [6.07, 6.45) is 1.98. The highest BCUT2D eigenvalue weighted by molar-refractivity contribution is 5.90. The highest BCUT2D eigenvalue weighted by atomic mass is 16.1. The van der Waals surface area contributed by atoms with E-state index in [1.165, 1.54) is 6.20 Å². The monoisotopic (exact) mass is 194 g/mol. The van der Waals surface area contributed by atoms with Gasteiger partial charge < -0.3 is 16.4 Å². The highest BCUT2D eigenvalue weighted by Gasteiger charge is 2.00. The number of anilines is 2. The number of nitrogen functional groups attached to an aromatic ring is 1. The van der Waals surface area contributed by atoms with Crippen molar-refractivity contribution in [1.29, 1.82) is 0 Å². The number of carbonyl (C=O) groups is 1. The Labute approximate surface area is 82.7 Å². The highest BCUT2D eigenvalue weighted by Crippen LogP contribution is 2.06. The lowest BCUT2D eigenvalue weighted by molar-refractivity contribution is -0.116. The fraction of sp³-hybridized carbons (Fsp3) is 0.333. The topological polar surface area (TPSA) is 80.0 Å². The molecule has 1 amide bonds. The minimum atomic E-state index is -0.0362. The smallest absolute Gasteiger partial charge is 0.225 e. The molecule has 0 aliphatic rings. The normalized spacial score (nSPS) is 9.79. The van der Waals surface area contributed by atoms with Gasteiger partial charge in [0.2, 0.25) is 5.91 Å². The van der Waals surface area contributed by atoms with Crippen molar-refractivity contribution in [1.82, 2.24) is 10.3 Å². The minimum Gasteiger partial charge on any atom is -0.384 e. The van der Waals surface area contributed by atoms with Crippen LogP contribution in [0.25, 0.3) is 0 Å². The Hall–Kier alpha value is -1.62. The second-order valence-electron chi connectivity index (χ2n) is 2.87. The molecule has 5 heteroatoms. The van der Waals surface area contributed by atoms with Crippen LogP contribution in [0.5, 0.6) is 0 Å². The third-order valence-corrected chi connectivity index (χ3v) is 1.67. The Morgan fingerprint density at radius 2 is 2.36 bits per heavy atom. The zero-order valence-electron chi connectivity index (χ0n) is 8.08. The van der Waals surface area contributed by atoms with E-state index in [1.807, 2.05) is 0 Å². The van der Waals surface area contributed by atoms with Crippen LogP contribution in [-0.4, -0.2) is 24.5 Å². The number of rotatable bonds is 4. The molecule has 4 N–H and O–H groups in total. The summed E-state index contributed by atoms with van der Waals surface area (Å²) >= 11 is 0. The van der Waals surface area contributed by atoms with E-state index in [9.17, 15) is 4.79 Å². The van der Waals surface area contributed by atoms with E-state index in [1.54, 1.807) is 19.2 Å². The number of pyridine rings is 1. The molecule has 0 fully saturated rings. The van der Waals surface area contributed by atoms with Gasteiger partial charge in [-0.1, -0.05) is 0 Å². The van der Waals surface area contributed by atoms with E-state index < -0.39 is 0 Å². The summed E-state index contributed by atoms with van der Waals surface area (Å²) in [5.74, 6) is 0.407. The summed E-state index contributed by atoms with van der Waals surface area (Å²) in [5.41, 5.74) is 6.07. The molecule has 76 valence electrons. The Balaban J connectivity index is 2.44. The molecule has 0 unspecified atom stereocenters. The van der Waals surface area contributed by atoms with Gasteiger partial charge in [0.25, 0.3) is 0 Å². The molecule has 1 heterocycles. The lowest BCUT2D eigenvalue weighted by Gasteiger charge is -2.04. The zero-order valence-corrected chi connectivity index (χ0v) is 8.08. The van der Waals surface area contributed by atoms with Gasteiger partial charge in [-0.25, -0.2) is 4.98 Å². The number of carbonyl (C=O) groups excluding carboxylic acids is 1. The Morgan fingerprint density at radius 3 is 2.93 bits per heavy atom. The van der Waals surface area contributed by atoms with Gasteiger partial charge in [-0.2, -0.15) is 0 Å². The first-order chi connectivity index (χ1) is 6.72. The van der Waals surface area contributed by atoms with Crippen LogP contribution in [-0.2, 0) is 4.79 Å². The molecular weight excluding hydrogens is 180 g/mol. The van der Waals surface area contributed by atoms with Crippen molar-refractivity contribution in [2.45, 2.75) is 6.42 Å². The van der Waals surface area contributed by atoms with Gasteiger partial charge in [-0.15, -0.1) is 0 Å². The minimum absolute atomic E-state index is 0.0362. The summed E-state index contributed by atoms with van der Waals surface area (Å²) in [5, 5.41) is 5.60. The zero-order chi connectivity index (χ0) is 10.4. The van der Waals surface area contributed by atoms with E-state index in [0.717, 1.165) is 0 Å². The predicted octanol–water partition coefficient (Wildman–Crippen LogP) is 0.212. The molecule has 1 aromatic heterocycles. The van der Waals surface area contributed by atoms with Gasteiger partial charge in [0.15, 0.2) is 0 Å². The van der Waals surface area contributed by atoms with Crippen LogP contribution in [0.1, 0.15) is 6.42 Å². The van der Waals surface area contributed by atoms with E-state index in [4.69, 9.17) is 5.73 Å². The van der Waals surface area contributed by atoms with Gasteiger partial charge in [0.05, 0.1) is 11.9 Å². The summed E-state index contributed by atoms with van der Waals surface area (Å²) in [4.78, 5) is 15.1. The van der Waals surface area contributed by atoms with Crippen molar-refractivity contribution in [2.75, 3.05) is 24.6 Å². The molecule has 5 nitrogen and oxygen atoms in total. The van der Waals surface area contributed by atoms with Crippen molar-refractivity contribution >= 4 is 17.4 Å². The quantitative estimate of drug-likeness (QED) is 0.640. The van der Waals surface area contributed by atoms with Crippen LogP contribution < -0.4 is 16.4 Å². The molecule has 0 saturated heterocycles. The number of aromatic nitrogens is 1. The van der Waals surface area contributed by atoms with Gasteiger partial charge in [-0.3, -0.25) is 4.79 Å². The maximum Gasteiger partial charge on any atom is 0.225 e. The van der Waals surface area contributed by atoms with E-state index in [-0.39, 0.29) is 5.91 Å². The lowest BCUT2D eigenvalue weighted by Crippen LogP contribution is -2.18. The summed E-state index contributed by atoms with van der Waals surface area (Å²) in [6, 6.07) is 3.37. The van der Waals surface area contributed by atoms with Crippen molar-refractivity contribution in [3.8, 4) is 0 Å². The molecule has 0 aliphatic carbocycles. The van der Waals surface area contributed by atoms with E-state index in [0.29, 0.717) is 24.5 Å². The maximum atomic E-state index is 11.2. The Bertz CT molecular complexity index is 296. The number of hydrogen-bond donors (Lipinski definition) is 3. The molecule has 0 radical (unpaired) electrons. The predicted molar refractivity (Wildman–Crippen MR) is 55.8 cm³/mol. The summed E-state index contributed by atoms with van der Waals surface area (Å²) in [6.45, 7) is 0.661. The molecule has 0 spiro atoms. The molecule has 1 aromatic rings. The number of nitrogens with one attached hydrogen (secondary N) is 2. The van der Waals surface area contributed by atoms with Crippen LogP contribution in [0.3, 0.4) is 0 Å². The molecule has 0 atom stereocenters. The molecule has 1 rings (SSSR count). The number of nitrogens with zero attached hydrogens (tertiary/aromatic N) is 1. The fourth-order valence-electron chi connectivity index (χ4n) is 0.941. The number of hydrogen-bond acceptors (Lipinski definition) is 4. The Kier molecular flexibility index (Phi) is 3.87. The van der Waals surface area contributed by atoms with E-state index in [2.05, 4.69) is 15.6 Å². The molecule has 0 aliphatic heterocycles. The first kappa shape index (κ1) is 10.5. The fourth-order valence-corrected chi connectivity index (χ4v) is 0.941. The van der Waals surface area contributed by atoms with Crippen LogP contribution in [0.15, 0.2) is 18.3 Å². The van der Waals surface area contributed by atoms with Crippen LogP contribution in [0.4, 0.5) is 11.5 Å². The third kappa shape index (κ3) is 3.40. The van der Waals surface area contributed by atoms with Gasteiger partial charge in [0.1, 0.15) is 5.82 Å². The van der Waals surface area contributed by atoms with Crippen LogP contribution in [0.2, 0.25) is 0 Å². The molecule has 0 bridgehead atoms. The van der Waals surface area contributed by atoms with Crippen molar-refractivity contribution in [3.05, 3.63) is 18.3 Å². The number of amides is 1. The van der Waals surface area contributed by atoms with Crippen LogP contribution >= 0.6 is 0 Å². The van der Waals surface area contributed by atoms with Crippen molar-refractivity contribution in [2.24, 2.45) is 0 Å². The first-order valence-electron chi connectivity index (χ1n) is 4.38. The summed E-state index contributed by atoms with van der Waals surface area (Å²) < 4.78 is 0. The molecule has 0 aromatic carbocycles. The van der Waals surface area contributed by atoms with Gasteiger partial charge in [0, 0.05) is 13.0 Å². The first-order valence-corrected chi connectivity index (χ1v) is 4.38. The third-order valence-electron chi connectivity index (χ3n) is 1.67. The Morgan fingerprint density at radius 1 is 1.57 bits per heavy atom. The average Bonchev–Trinajstić information content (AvgIpc) is 2.18. The molecular formula is C9H14N4O. The lowest BCUT2D eigenvalue weighted by atomic mass is 10.3.